The smallest absolute Gasteiger partial charge is 0.238 e. The van der Waals surface area contributed by atoms with Crippen LogP contribution in [0.2, 0.25) is 5.02 Å². The standard InChI is InChI=1S/C25H21ClFN3O3S/c1-33-21-11-5-16(6-12-21)15-30-23(31)14-22(24(32)28-19-9-7-18(27)8-10-19)34-25(30)29-20-4-2-3-17(26)13-20/h2-13,22H,14-15H2,1H3,(H,28,32). The quantitative estimate of drug-likeness (QED) is 0.478. The van der Waals surface area contributed by atoms with E-state index in [1.165, 1.54) is 36.0 Å². The van der Waals surface area contributed by atoms with E-state index in [0.29, 0.717) is 33.9 Å². The molecule has 0 saturated carbocycles. The largest absolute Gasteiger partial charge is 0.497 e. The fourth-order valence-electron chi connectivity index (χ4n) is 3.32. The molecule has 0 radical (unpaired) electrons. The molecule has 1 saturated heterocycles. The minimum absolute atomic E-state index is 0.00240. The zero-order valence-corrected chi connectivity index (χ0v) is 19.8. The molecule has 0 aromatic heterocycles. The average molecular weight is 498 g/mol. The molecule has 9 heteroatoms. The van der Waals surface area contributed by atoms with Gasteiger partial charge >= 0.3 is 0 Å². The number of hydrogen-bond acceptors (Lipinski definition) is 5. The maximum absolute atomic E-state index is 13.2. The maximum atomic E-state index is 13.2. The first kappa shape index (κ1) is 23.8. The van der Waals surface area contributed by atoms with Gasteiger partial charge in [-0.05, 0) is 60.2 Å². The van der Waals surface area contributed by atoms with Gasteiger partial charge in [-0.25, -0.2) is 9.38 Å². The monoisotopic (exact) mass is 497 g/mol. The number of benzene rings is 3. The number of nitrogens with zero attached hydrogens (tertiary/aromatic N) is 2. The zero-order chi connectivity index (χ0) is 24.1. The SMILES string of the molecule is COc1ccc(CN2C(=O)CC(C(=O)Nc3ccc(F)cc3)SC2=Nc2cccc(Cl)c2)cc1. The van der Waals surface area contributed by atoms with Gasteiger partial charge in [0.25, 0.3) is 0 Å². The second-order valence-corrected chi connectivity index (χ2v) is 9.12. The Hall–Kier alpha value is -3.36. The van der Waals surface area contributed by atoms with E-state index in [4.69, 9.17) is 16.3 Å². The van der Waals surface area contributed by atoms with Crippen LogP contribution < -0.4 is 10.1 Å². The summed E-state index contributed by atoms with van der Waals surface area (Å²) in [6, 6.07) is 19.8. The van der Waals surface area contributed by atoms with E-state index in [1.54, 1.807) is 36.3 Å². The first-order chi connectivity index (χ1) is 16.4. The predicted octanol–water partition coefficient (Wildman–Crippen LogP) is 5.65. The van der Waals surface area contributed by atoms with E-state index in [0.717, 1.165) is 5.56 Å². The minimum Gasteiger partial charge on any atom is -0.497 e. The highest BCUT2D eigenvalue weighted by Crippen LogP contribution is 2.32. The van der Waals surface area contributed by atoms with Gasteiger partial charge in [0.2, 0.25) is 11.8 Å². The Labute approximate surface area is 205 Å². The number of thioether (sulfide) groups is 1. The summed E-state index contributed by atoms with van der Waals surface area (Å²) in [5, 5.41) is 2.96. The van der Waals surface area contributed by atoms with Gasteiger partial charge in [-0.2, -0.15) is 0 Å². The van der Waals surface area contributed by atoms with Crippen molar-refractivity contribution in [1.29, 1.82) is 0 Å². The summed E-state index contributed by atoms with van der Waals surface area (Å²) >= 11 is 7.31. The molecule has 0 bridgehead atoms. The molecule has 34 heavy (non-hydrogen) atoms. The molecule has 2 amide bonds. The van der Waals surface area contributed by atoms with Crippen LogP contribution in [0.15, 0.2) is 77.8 Å². The number of carbonyl (C=O) groups is 2. The predicted molar refractivity (Wildman–Crippen MR) is 133 cm³/mol. The molecule has 1 unspecified atom stereocenters. The highest BCUT2D eigenvalue weighted by atomic mass is 35.5. The van der Waals surface area contributed by atoms with E-state index in [-0.39, 0.29) is 18.2 Å². The van der Waals surface area contributed by atoms with Crippen LogP contribution in [0.1, 0.15) is 12.0 Å². The van der Waals surface area contributed by atoms with E-state index in [9.17, 15) is 14.0 Å². The number of anilines is 1. The van der Waals surface area contributed by atoms with Gasteiger partial charge < -0.3 is 10.1 Å². The number of nitrogens with one attached hydrogen (secondary N) is 1. The molecular formula is C25H21ClFN3O3S. The number of aliphatic imine (C=N–C) groups is 1. The second-order valence-electron chi connectivity index (χ2n) is 7.51. The van der Waals surface area contributed by atoms with Crippen LogP contribution in [0.3, 0.4) is 0 Å². The summed E-state index contributed by atoms with van der Waals surface area (Å²) in [4.78, 5) is 32.3. The van der Waals surface area contributed by atoms with Crippen LogP contribution in [0.5, 0.6) is 5.75 Å². The Morgan fingerprint density at radius 2 is 1.91 bits per heavy atom. The van der Waals surface area contributed by atoms with Crippen LogP contribution in [0.25, 0.3) is 0 Å². The Balaban J connectivity index is 1.59. The Morgan fingerprint density at radius 3 is 2.59 bits per heavy atom. The molecule has 1 heterocycles. The molecule has 3 aromatic carbocycles. The lowest BCUT2D eigenvalue weighted by atomic mass is 10.2. The summed E-state index contributed by atoms with van der Waals surface area (Å²) in [6.45, 7) is 0.293. The van der Waals surface area contributed by atoms with Gasteiger partial charge in [0.05, 0.1) is 19.3 Å². The summed E-state index contributed by atoms with van der Waals surface area (Å²) in [5.74, 6) is -0.263. The van der Waals surface area contributed by atoms with Crippen molar-refractivity contribution in [1.82, 2.24) is 4.90 Å². The van der Waals surface area contributed by atoms with Crippen molar-refractivity contribution in [2.75, 3.05) is 12.4 Å². The lowest BCUT2D eigenvalue weighted by molar-refractivity contribution is -0.129. The van der Waals surface area contributed by atoms with Crippen LogP contribution in [-0.4, -0.2) is 34.2 Å². The first-order valence-electron chi connectivity index (χ1n) is 10.4. The van der Waals surface area contributed by atoms with Gasteiger partial charge in [0.15, 0.2) is 5.17 Å². The maximum Gasteiger partial charge on any atom is 0.238 e. The van der Waals surface area contributed by atoms with E-state index in [1.807, 2.05) is 24.3 Å². The van der Waals surface area contributed by atoms with Gasteiger partial charge in [-0.3, -0.25) is 14.5 Å². The molecule has 1 atom stereocenters. The lowest BCUT2D eigenvalue weighted by Gasteiger charge is -2.32. The third-order valence-corrected chi connectivity index (χ3v) is 6.50. The lowest BCUT2D eigenvalue weighted by Crippen LogP contribution is -2.44. The molecule has 4 rings (SSSR count). The highest BCUT2D eigenvalue weighted by molar-refractivity contribution is 8.15. The van der Waals surface area contributed by atoms with Gasteiger partial charge in [-0.15, -0.1) is 0 Å². The van der Waals surface area contributed by atoms with Gasteiger partial charge in [0.1, 0.15) is 16.8 Å². The number of ether oxygens (including phenoxy) is 1. The van der Waals surface area contributed by atoms with E-state index in [2.05, 4.69) is 10.3 Å². The molecule has 174 valence electrons. The molecule has 0 aliphatic carbocycles. The normalized spacial score (nSPS) is 17.0. The van der Waals surface area contributed by atoms with Crippen LogP contribution >= 0.6 is 23.4 Å². The van der Waals surface area contributed by atoms with Crippen LogP contribution in [0.4, 0.5) is 15.8 Å². The van der Waals surface area contributed by atoms with E-state index < -0.39 is 11.1 Å². The number of methoxy groups -OCH3 is 1. The summed E-state index contributed by atoms with van der Waals surface area (Å²) in [7, 11) is 1.59. The molecule has 1 aliphatic heterocycles. The van der Waals surface area contributed by atoms with E-state index >= 15 is 0 Å². The summed E-state index contributed by atoms with van der Waals surface area (Å²) < 4.78 is 18.4. The Bertz CT molecular complexity index is 1220. The third-order valence-electron chi connectivity index (χ3n) is 5.08. The number of amidine groups is 1. The minimum atomic E-state index is -0.692. The fourth-order valence-corrected chi connectivity index (χ4v) is 4.60. The van der Waals surface area contributed by atoms with Crippen molar-refractivity contribution < 1.29 is 18.7 Å². The molecule has 6 nitrogen and oxygen atoms in total. The van der Waals surface area contributed by atoms with Crippen molar-refractivity contribution in [2.24, 2.45) is 4.99 Å². The van der Waals surface area contributed by atoms with Crippen molar-refractivity contribution >= 4 is 51.7 Å². The summed E-state index contributed by atoms with van der Waals surface area (Å²) in [6.07, 6.45) is 0.00240. The number of amides is 2. The molecule has 1 fully saturated rings. The van der Waals surface area contributed by atoms with Crippen molar-refractivity contribution in [3.63, 3.8) is 0 Å². The molecule has 3 aromatic rings. The number of halogens is 2. The van der Waals surface area contributed by atoms with Crippen LogP contribution in [0, 0.1) is 5.82 Å². The van der Waals surface area contributed by atoms with Crippen molar-refractivity contribution in [3.05, 3.63) is 89.2 Å². The number of rotatable bonds is 6. The average Bonchev–Trinajstić information content (AvgIpc) is 2.83. The second kappa shape index (κ2) is 10.7. The highest BCUT2D eigenvalue weighted by Gasteiger charge is 2.36. The Kier molecular flexibility index (Phi) is 7.49. The molecule has 0 spiro atoms. The molecule has 1 N–H and O–H groups in total. The molecule has 1 aliphatic rings. The van der Waals surface area contributed by atoms with Gasteiger partial charge in [-0.1, -0.05) is 41.6 Å². The Morgan fingerprint density at radius 1 is 1.18 bits per heavy atom. The summed E-state index contributed by atoms with van der Waals surface area (Å²) in [5.41, 5.74) is 1.92. The van der Waals surface area contributed by atoms with Crippen molar-refractivity contribution in [2.45, 2.75) is 18.2 Å². The number of carbonyl (C=O) groups excluding carboxylic acids is 2. The molecular weight excluding hydrogens is 477 g/mol. The van der Waals surface area contributed by atoms with Crippen LogP contribution in [-0.2, 0) is 16.1 Å². The fraction of sp³-hybridized carbons (Fsp3) is 0.160. The topological polar surface area (TPSA) is 71.0 Å². The first-order valence-corrected chi connectivity index (χ1v) is 11.7. The van der Waals surface area contributed by atoms with Gasteiger partial charge in [0, 0.05) is 17.1 Å². The zero-order valence-electron chi connectivity index (χ0n) is 18.2. The third kappa shape index (κ3) is 5.95. The van der Waals surface area contributed by atoms with Crippen molar-refractivity contribution in [3.8, 4) is 5.75 Å². The number of hydrogen-bond donors (Lipinski definition) is 1.